The number of ether oxygens (including phenoxy) is 1. The van der Waals surface area contributed by atoms with E-state index in [-0.39, 0.29) is 16.8 Å². The number of nitrogens with zero attached hydrogens (tertiary/aromatic N) is 2. The Morgan fingerprint density at radius 3 is 2.61 bits per heavy atom. The van der Waals surface area contributed by atoms with Crippen LogP contribution in [0, 0.1) is 0 Å². The topological polar surface area (TPSA) is 80.1 Å². The van der Waals surface area contributed by atoms with Gasteiger partial charge in [0.1, 0.15) is 11.5 Å². The van der Waals surface area contributed by atoms with Gasteiger partial charge in [-0.2, -0.15) is 4.31 Å². The maximum absolute atomic E-state index is 13.5. The number of benzene rings is 1. The number of aryl methyl sites for hydroxylation is 1. The summed E-state index contributed by atoms with van der Waals surface area (Å²) in [5.74, 6) is 1.56. The Kier molecular flexibility index (Phi) is 6.79. The summed E-state index contributed by atoms with van der Waals surface area (Å²) in [7, 11) is -3.66. The molecular weight excluding hydrogens is 416 g/mol. The van der Waals surface area contributed by atoms with Crippen LogP contribution in [0.5, 0.6) is 0 Å². The fourth-order valence-electron chi connectivity index (χ4n) is 4.30. The molecule has 31 heavy (non-hydrogen) atoms. The monoisotopic (exact) mass is 446 g/mol. The largest absolute Gasteiger partial charge is 0.464 e. The Morgan fingerprint density at radius 2 is 1.87 bits per heavy atom. The van der Waals surface area contributed by atoms with E-state index in [1.807, 2.05) is 24.0 Å². The van der Waals surface area contributed by atoms with E-state index in [1.165, 1.54) is 10.4 Å². The van der Waals surface area contributed by atoms with Crippen molar-refractivity contribution in [3.63, 3.8) is 0 Å². The smallest absolute Gasteiger partial charge is 0.254 e. The summed E-state index contributed by atoms with van der Waals surface area (Å²) in [5, 5.41) is 0. The number of furan rings is 1. The molecule has 2 aliphatic heterocycles. The summed E-state index contributed by atoms with van der Waals surface area (Å²) in [6.07, 6.45) is 4.67. The molecule has 1 unspecified atom stereocenters. The van der Waals surface area contributed by atoms with E-state index in [1.54, 1.807) is 18.2 Å². The van der Waals surface area contributed by atoms with E-state index in [0.29, 0.717) is 38.4 Å². The minimum absolute atomic E-state index is 0.130. The maximum Gasteiger partial charge on any atom is 0.254 e. The molecule has 1 aromatic heterocycles. The van der Waals surface area contributed by atoms with E-state index >= 15 is 0 Å². The Balaban J connectivity index is 1.62. The van der Waals surface area contributed by atoms with Crippen molar-refractivity contribution < 1.29 is 22.4 Å². The summed E-state index contributed by atoms with van der Waals surface area (Å²) >= 11 is 0. The van der Waals surface area contributed by atoms with Crippen molar-refractivity contribution in [3.8, 4) is 0 Å². The molecule has 2 aliphatic rings. The van der Waals surface area contributed by atoms with Crippen LogP contribution in [0.2, 0.25) is 0 Å². The number of carbonyl (C=O) groups excluding carboxylic acids is 1. The number of hydrogen-bond donors (Lipinski definition) is 0. The third kappa shape index (κ3) is 4.71. The first-order chi connectivity index (χ1) is 15.0. The highest BCUT2D eigenvalue weighted by Gasteiger charge is 2.31. The lowest BCUT2D eigenvalue weighted by Crippen LogP contribution is -2.40. The second-order valence-corrected chi connectivity index (χ2v) is 10.0. The lowest BCUT2D eigenvalue weighted by Gasteiger charge is -2.29. The third-order valence-corrected chi connectivity index (χ3v) is 7.96. The Hall–Kier alpha value is -2.16. The zero-order valence-electron chi connectivity index (χ0n) is 18.0. The number of amides is 1. The molecule has 0 radical (unpaired) electrons. The first-order valence-electron chi connectivity index (χ1n) is 11.1. The fourth-order valence-corrected chi connectivity index (χ4v) is 5.76. The Bertz CT molecular complexity index is 1010. The van der Waals surface area contributed by atoms with Gasteiger partial charge in [0.2, 0.25) is 10.0 Å². The molecule has 0 saturated carbocycles. The Morgan fingerprint density at radius 1 is 1.06 bits per heavy atom. The standard InChI is InChI=1S/C23H30N2O5S/c1-2-19-10-11-22(30-19)21-9-4-3-5-12-25(21)23(26)18-7-6-8-20(17-18)31(27,28)24-13-15-29-16-14-24/h6-8,10-11,17,21H,2-5,9,12-16H2,1H3. The van der Waals surface area contributed by atoms with E-state index in [9.17, 15) is 13.2 Å². The molecule has 1 aromatic carbocycles. The number of sulfonamides is 1. The Labute approximate surface area is 184 Å². The minimum atomic E-state index is -3.66. The number of hydrogen-bond acceptors (Lipinski definition) is 5. The second kappa shape index (κ2) is 9.54. The summed E-state index contributed by atoms with van der Waals surface area (Å²) in [5.41, 5.74) is 0.392. The average Bonchev–Trinajstić information content (AvgIpc) is 3.16. The first kappa shape index (κ1) is 22.0. The van der Waals surface area contributed by atoms with Crippen molar-refractivity contribution in [2.45, 2.75) is 50.0 Å². The lowest BCUT2D eigenvalue weighted by molar-refractivity contribution is 0.0656. The number of rotatable bonds is 5. The molecular formula is C23H30N2O5S. The second-order valence-electron chi connectivity index (χ2n) is 8.07. The van der Waals surface area contributed by atoms with Gasteiger partial charge in [0.05, 0.1) is 24.2 Å². The molecule has 168 valence electrons. The normalized spacial score (nSPS) is 21.1. The molecule has 0 aliphatic carbocycles. The highest BCUT2D eigenvalue weighted by Crippen LogP contribution is 2.33. The fraction of sp³-hybridized carbons (Fsp3) is 0.522. The van der Waals surface area contributed by atoms with Crippen LogP contribution < -0.4 is 0 Å². The van der Waals surface area contributed by atoms with Crippen LogP contribution >= 0.6 is 0 Å². The highest BCUT2D eigenvalue weighted by molar-refractivity contribution is 7.89. The summed E-state index contributed by atoms with van der Waals surface area (Å²) in [4.78, 5) is 15.5. The van der Waals surface area contributed by atoms with Crippen LogP contribution in [0.3, 0.4) is 0 Å². The first-order valence-corrected chi connectivity index (χ1v) is 12.5. The number of likely N-dealkylation sites (tertiary alicyclic amines) is 1. The van der Waals surface area contributed by atoms with Crippen molar-refractivity contribution in [2.24, 2.45) is 0 Å². The summed E-state index contributed by atoms with van der Waals surface area (Å²) in [6, 6.07) is 10.2. The van der Waals surface area contributed by atoms with Gasteiger partial charge >= 0.3 is 0 Å². The minimum Gasteiger partial charge on any atom is -0.464 e. The predicted octanol–water partition coefficient (Wildman–Crippen LogP) is 3.62. The number of carbonyl (C=O) groups is 1. The molecule has 1 amide bonds. The van der Waals surface area contributed by atoms with Gasteiger partial charge in [-0.1, -0.05) is 25.8 Å². The van der Waals surface area contributed by atoms with Gasteiger partial charge in [-0.3, -0.25) is 4.79 Å². The molecule has 2 fully saturated rings. The molecule has 2 saturated heterocycles. The van der Waals surface area contributed by atoms with Crippen molar-refractivity contribution in [1.29, 1.82) is 0 Å². The SMILES string of the molecule is CCc1ccc(C2CCCCCN2C(=O)c2cccc(S(=O)(=O)N3CCOCC3)c2)o1. The van der Waals surface area contributed by atoms with Crippen LogP contribution in [-0.2, 0) is 21.2 Å². The lowest BCUT2D eigenvalue weighted by atomic mass is 10.1. The quantitative estimate of drug-likeness (QED) is 0.701. The van der Waals surface area contributed by atoms with E-state index < -0.39 is 10.0 Å². The average molecular weight is 447 g/mol. The highest BCUT2D eigenvalue weighted by atomic mass is 32.2. The van der Waals surface area contributed by atoms with Gasteiger partial charge in [-0.15, -0.1) is 0 Å². The van der Waals surface area contributed by atoms with Gasteiger partial charge in [0.25, 0.3) is 5.91 Å². The molecule has 8 heteroatoms. The van der Waals surface area contributed by atoms with Crippen LogP contribution in [-0.4, -0.2) is 56.4 Å². The summed E-state index contributed by atoms with van der Waals surface area (Å²) in [6.45, 7) is 4.09. The van der Waals surface area contributed by atoms with Gasteiger partial charge in [0.15, 0.2) is 0 Å². The van der Waals surface area contributed by atoms with Crippen LogP contribution in [0.4, 0.5) is 0 Å². The van der Waals surface area contributed by atoms with Crippen molar-refractivity contribution >= 4 is 15.9 Å². The van der Waals surface area contributed by atoms with E-state index in [0.717, 1.165) is 43.6 Å². The molecule has 7 nitrogen and oxygen atoms in total. The zero-order chi connectivity index (χ0) is 21.8. The molecule has 2 aromatic rings. The molecule has 0 bridgehead atoms. The predicted molar refractivity (Wildman–Crippen MR) is 116 cm³/mol. The molecule has 4 rings (SSSR count). The molecule has 1 atom stereocenters. The molecule has 0 spiro atoms. The van der Waals surface area contributed by atoms with Gasteiger partial charge < -0.3 is 14.1 Å². The van der Waals surface area contributed by atoms with Crippen LogP contribution in [0.1, 0.15) is 60.5 Å². The van der Waals surface area contributed by atoms with E-state index in [4.69, 9.17) is 9.15 Å². The van der Waals surface area contributed by atoms with Gasteiger partial charge in [-0.05, 0) is 43.2 Å². The van der Waals surface area contributed by atoms with Crippen LogP contribution in [0.25, 0.3) is 0 Å². The molecule has 3 heterocycles. The maximum atomic E-state index is 13.5. The number of morpholine rings is 1. The zero-order valence-corrected chi connectivity index (χ0v) is 18.8. The third-order valence-electron chi connectivity index (χ3n) is 6.06. The summed E-state index contributed by atoms with van der Waals surface area (Å²) < 4.78 is 38.8. The van der Waals surface area contributed by atoms with Gasteiger partial charge in [-0.25, -0.2) is 8.42 Å². The van der Waals surface area contributed by atoms with Crippen LogP contribution in [0.15, 0.2) is 45.7 Å². The van der Waals surface area contributed by atoms with E-state index in [2.05, 4.69) is 0 Å². The van der Waals surface area contributed by atoms with Crippen molar-refractivity contribution in [2.75, 3.05) is 32.8 Å². The molecule has 0 N–H and O–H groups in total. The van der Waals surface area contributed by atoms with Crippen molar-refractivity contribution in [3.05, 3.63) is 53.5 Å². The van der Waals surface area contributed by atoms with Gasteiger partial charge in [0, 0.05) is 31.6 Å². The van der Waals surface area contributed by atoms with Crippen molar-refractivity contribution in [1.82, 2.24) is 9.21 Å².